The normalized spacial score (nSPS) is 24.9. The molecule has 2 bridgehead atoms. The average Bonchev–Trinajstić information content (AvgIpc) is 3.29. The second-order valence-corrected chi connectivity index (χ2v) is 9.15. The SMILES string of the molecule is CC(C)(C)OC(=O)N1C2CCC1C(c1cnc(N)c(-c3cccs3)c1)C2. The molecule has 0 radical (unpaired) electrons. The van der Waals surface area contributed by atoms with E-state index in [4.69, 9.17) is 10.5 Å². The van der Waals surface area contributed by atoms with Gasteiger partial charge < -0.3 is 15.4 Å². The third kappa shape index (κ3) is 3.07. The van der Waals surface area contributed by atoms with Crippen LogP contribution in [0.4, 0.5) is 10.6 Å². The Morgan fingerprint density at radius 2 is 2.19 bits per heavy atom. The number of hydrogen-bond donors (Lipinski definition) is 1. The number of carbonyl (C=O) groups excluding carboxylic acids is 1. The number of amides is 1. The van der Waals surface area contributed by atoms with E-state index >= 15 is 0 Å². The Kier molecular flexibility index (Phi) is 4.18. The van der Waals surface area contributed by atoms with Gasteiger partial charge in [0.25, 0.3) is 0 Å². The Morgan fingerprint density at radius 1 is 1.38 bits per heavy atom. The van der Waals surface area contributed by atoms with Gasteiger partial charge in [0.1, 0.15) is 11.4 Å². The molecule has 0 spiro atoms. The number of nitrogens with two attached hydrogens (primary N) is 1. The first-order chi connectivity index (χ1) is 12.3. The maximum absolute atomic E-state index is 12.7. The Labute approximate surface area is 158 Å². The number of ether oxygens (including phenoxy) is 1. The van der Waals surface area contributed by atoms with Crippen LogP contribution in [0, 0.1) is 0 Å². The molecule has 0 saturated carbocycles. The van der Waals surface area contributed by atoms with Gasteiger partial charge in [-0.3, -0.25) is 0 Å². The summed E-state index contributed by atoms with van der Waals surface area (Å²) < 4.78 is 5.64. The van der Waals surface area contributed by atoms with Crippen LogP contribution >= 0.6 is 11.3 Å². The van der Waals surface area contributed by atoms with Crippen molar-refractivity contribution in [2.24, 2.45) is 0 Å². The fraction of sp³-hybridized carbons (Fsp3) is 0.500. The Hall–Kier alpha value is -2.08. The van der Waals surface area contributed by atoms with E-state index in [-0.39, 0.29) is 18.2 Å². The highest BCUT2D eigenvalue weighted by molar-refractivity contribution is 7.13. The lowest BCUT2D eigenvalue weighted by Gasteiger charge is -2.28. The molecule has 2 aromatic rings. The zero-order chi connectivity index (χ0) is 18.5. The third-order valence-corrected chi connectivity index (χ3v) is 6.20. The third-order valence-electron chi connectivity index (χ3n) is 5.30. The topological polar surface area (TPSA) is 68.5 Å². The van der Waals surface area contributed by atoms with Gasteiger partial charge in [-0.25, -0.2) is 9.78 Å². The summed E-state index contributed by atoms with van der Waals surface area (Å²) in [4.78, 5) is 20.2. The van der Waals surface area contributed by atoms with E-state index in [1.54, 1.807) is 11.3 Å². The van der Waals surface area contributed by atoms with Crippen LogP contribution in [-0.2, 0) is 4.74 Å². The number of anilines is 1. The molecule has 2 aliphatic heterocycles. The Bertz CT molecular complexity index is 813. The number of rotatable bonds is 2. The van der Waals surface area contributed by atoms with Crippen LogP contribution in [0.1, 0.15) is 51.5 Å². The van der Waals surface area contributed by atoms with Gasteiger partial charge in [-0.15, -0.1) is 11.3 Å². The van der Waals surface area contributed by atoms with Gasteiger partial charge in [0.05, 0.1) is 0 Å². The molecule has 2 aromatic heterocycles. The minimum absolute atomic E-state index is 0.186. The van der Waals surface area contributed by atoms with Crippen LogP contribution in [0.3, 0.4) is 0 Å². The molecule has 3 atom stereocenters. The molecule has 1 amide bonds. The predicted octanol–water partition coefficient (Wildman–Crippen LogP) is 4.65. The lowest BCUT2D eigenvalue weighted by atomic mass is 9.84. The number of aromatic nitrogens is 1. The van der Waals surface area contributed by atoms with Crippen LogP contribution in [0.25, 0.3) is 10.4 Å². The minimum Gasteiger partial charge on any atom is -0.444 e. The lowest BCUT2D eigenvalue weighted by Crippen LogP contribution is -2.40. The standard InChI is InChI=1S/C20H25N3O2S/c1-20(2,3)25-19(24)23-13-6-7-16(23)14(10-13)12-9-15(18(21)22-11-12)17-5-4-8-26-17/h4-5,8-9,11,13-14,16H,6-7,10H2,1-3H3,(H2,21,22). The van der Waals surface area contributed by atoms with Gasteiger partial charge in [-0.2, -0.15) is 0 Å². The quantitative estimate of drug-likeness (QED) is 0.834. The first-order valence-electron chi connectivity index (χ1n) is 9.14. The van der Waals surface area contributed by atoms with Gasteiger partial charge in [-0.05, 0) is 63.1 Å². The molecule has 0 aliphatic carbocycles. The average molecular weight is 372 g/mol. The van der Waals surface area contributed by atoms with Gasteiger partial charge >= 0.3 is 6.09 Å². The highest BCUT2D eigenvalue weighted by atomic mass is 32.1. The fourth-order valence-electron chi connectivity index (χ4n) is 4.27. The lowest BCUT2D eigenvalue weighted by molar-refractivity contribution is 0.0213. The molecule has 0 aromatic carbocycles. The number of pyridine rings is 1. The van der Waals surface area contributed by atoms with Crippen LogP contribution in [0.5, 0.6) is 0 Å². The number of hydrogen-bond acceptors (Lipinski definition) is 5. The highest BCUT2D eigenvalue weighted by Gasteiger charge is 2.50. The van der Waals surface area contributed by atoms with Crippen molar-refractivity contribution < 1.29 is 9.53 Å². The predicted molar refractivity (Wildman–Crippen MR) is 104 cm³/mol. The molecule has 3 unspecified atom stereocenters. The second-order valence-electron chi connectivity index (χ2n) is 8.21. The number of carbonyl (C=O) groups is 1. The van der Waals surface area contributed by atoms with E-state index in [9.17, 15) is 4.79 Å². The Morgan fingerprint density at radius 3 is 2.88 bits per heavy atom. The minimum atomic E-state index is -0.469. The molecular formula is C20H25N3O2S. The van der Waals surface area contributed by atoms with Crippen molar-refractivity contribution in [3.05, 3.63) is 35.3 Å². The zero-order valence-electron chi connectivity index (χ0n) is 15.4. The first-order valence-corrected chi connectivity index (χ1v) is 10.0. The maximum atomic E-state index is 12.7. The van der Waals surface area contributed by atoms with Crippen molar-refractivity contribution in [3.63, 3.8) is 0 Å². The summed E-state index contributed by atoms with van der Waals surface area (Å²) in [5, 5.41) is 2.04. The summed E-state index contributed by atoms with van der Waals surface area (Å²) in [6.45, 7) is 5.74. The van der Waals surface area contributed by atoms with E-state index in [1.807, 2.05) is 43.3 Å². The van der Waals surface area contributed by atoms with Crippen molar-refractivity contribution in [2.45, 2.75) is 63.6 Å². The molecule has 138 valence electrons. The maximum Gasteiger partial charge on any atom is 0.410 e. The van der Waals surface area contributed by atoms with Gasteiger partial charge in [-0.1, -0.05) is 6.07 Å². The second kappa shape index (κ2) is 6.27. The number of nitrogens with zero attached hydrogens (tertiary/aromatic N) is 2. The van der Waals surface area contributed by atoms with Gasteiger partial charge in [0, 0.05) is 34.6 Å². The molecule has 2 aliphatic rings. The van der Waals surface area contributed by atoms with Gasteiger partial charge in [0.15, 0.2) is 0 Å². The molecule has 26 heavy (non-hydrogen) atoms. The number of fused-ring (bicyclic) bond motifs is 2. The van der Waals surface area contributed by atoms with E-state index in [1.165, 1.54) is 5.56 Å². The Balaban J connectivity index is 1.60. The van der Waals surface area contributed by atoms with Crippen LogP contribution in [0.2, 0.25) is 0 Å². The van der Waals surface area contributed by atoms with Crippen LogP contribution in [-0.4, -0.2) is 33.7 Å². The monoisotopic (exact) mass is 371 g/mol. The van der Waals surface area contributed by atoms with Gasteiger partial charge in [0.2, 0.25) is 0 Å². The van der Waals surface area contributed by atoms with Crippen LogP contribution in [0.15, 0.2) is 29.8 Å². The number of nitrogen functional groups attached to an aromatic ring is 1. The van der Waals surface area contributed by atoms with E-state index in [0.29, 0.717) is 11.7 Å². The molecule has 6 heteroatoms. The first kappa shape index (κ1) is 17.3. The summed E-state index contributed by atoms with van der Waals surface area (Å²) in [6.07, 6.45) is 4.74. The summed E-state index contributed by atoms with van der Waals surface area (Å²) in [5.41, 5.74) is 7.80. The van der Waals surface area contributed by atoms with E-state index in [2.05, 4.69) is 17.1 Å². The van der Waals surface area contributed by atoms with Crippen molar-refractivity contribution in [1.29, 1.82) is 0 Å². The van der Waals surface area contributed by atoms with Crippen molar-refractivity contribution in [2.75, 3.05) is 5.73 Å². The summed E-state index contributed by atoms with van der Waals surface area (Å²) in [7, 11) is 0. The molecule has 2 fully saturated rings. The fourth-order valence-corrected chi connectivity index (χ4v) is 5.02. The van der Waals surface area contributed by atoms with Crippen molar-refractivity contribution >= 4 is 23.2 Å². The number of thiophene rings is 1. The largest absolute Gasteiger partial charge is 0.444 e. The van der Waals surface area contributed by atoms with Crippen LogP contribution < -0.4 is 5.73 Å². The summed E-state index contributed by atoms with van der Waals surface area (Å²) >= 11 is 1.66. The van der Waals surface area contributed by atoms with E-state index < -0.39 is 5.60 Å². The highest BCUT2D eigenvalue weighted by Crippen LogP contribution is 2.48. The molecule has 4 heterocycles. The van der Waals surface area contributed by atoms with Crippen molar-refractivity contribution in [3.8, 4) is 10.4 Å². The van der Waals surface area contributed by atoms with Crippen molar-refractivity contribution in [1.82, 2.24) is 9.88 Å². The van der Waals surface area contributed by atoms with E-state index in [0.717, 1.165) is 29.7 Å². The molecule has 4 rings (SSSR count). The summed E-state index contributed by atoms with van der Waals surface area (Å²) in [6, 6.07) is 6.70. The smallest absolute Gasteiger partial charge is 0.410 e. The zero-order valence-corrected chi connectivity index (χ0v) is 16.3. The molecule has 5 nitrogen and oxygen atoms in total. The molecule has 2 N–H and O–H groups in total. The molecular weight excluding hydrogens is 346 g/mol. The molecule has 2 saturated heterocycles. The summed E-state index contributed by atoms with van der Waals surface area (Å²) in [5.74, 6) is 0.858.